The number of aromatic nitrogens is 1. The minimum atomic E-state index is -0.960. The Hall–Kier alpha value is -2.14. The minimum Gasteiger partial charge on any atom is -0.478 e. The Morgan fingerprint density at radius 2 is 2.14 bits per heavy atom. The van der Waals surface area contributed by atoms with Crippen LogP contribution in [0.2, 0.25) is 0 Å². The number of benzene rings is 1. The van der Waals surface area contributed by atoms with Gasteiger partial charge in [-0.1, -0.05) is 18.2 Å². The van der Waals surface area contributed by atoms with Crippen molar-refractivity contribution in [2.75, 3.05) is 18.0 Å². The van der Waals surface area contributed by atoms with Crippen molar-refractivity contribution in [2.45, 2.75) is 25.4 Å². The van der Waals surface area contributed by atoms with Crippen LogP contribution in [0.25, 0.3) is 10.9 Å². The molecule has 5 heteroatoms. The molecule has 2 aromatic rings. The summed E-state index contributed by atoms with van der Waals surface area (Å²) in [4.78, 5) is 18.0. The zero-order chi connectivity index (χ0) is 15.0. The molecule has 3 rings (SSSR count). The van der Waals surface area contributed by atoms with E-state index in [1.54, 1.807) is 19.1 Å². The molecule has 1 aliphatic rings. The number of carboxylic acids is 1. The predicted molar refractivity (Wildman–Crippen MR) is 80.8 cm³/mol. The van der Waals surface area contributed by atoms with E-state index in [0.29, 0.717) is 23.3 Å². The van der Waals surface area contributed by atoms with E-state index < -0.39 is 11.6 Å². The molecule has 1 aliphatic heterocycles. The fourth-order valence-electron chi connectivity index (χ4n) is 2.92. The first-order valence-corrected chi connectivity index (χ1v) is 7.07. The highest BCUT2D eigenvalue weighted by molar-refractivity contribution is 6.03. The number of rotatable bonds is 2. The van der Waals surface area contributed by atoms with E-state index in [4.69, 9.17) is 0 Å². The lowest BCUT2D eigenvalue weighted by Gasteiger charge is -2.37. The predicted octanol–water partition coefficient (Wildman–Crippen LogP) is 2.28. The smallest absolute Gasteiger partial charge is 0.336 e. The zero-order valence-corrected chi connectivity index (χ0v) is 11.9. The van der Waals surface area contributed by atoms with Gasteiger partial charge in [0.2, 0.25) is 0 Å². The summed E-state index contributed by atoms with van der Waals surface area (Å²) in [5.74, 6) is -0.343. The molecule has 1 aromatic heterocycles. The summed E-state index contributed by atoms with van der Waals surface area (Å²) in [7, 11) is 0. The molecule has 0 bridgehead atoms. The Morgan fingerprint density at radius 3 is 2.86 bits per heavy atom. The molecule has 21 heavy (non-hydrogen) atoms. The van der Waals surface area contributed by atoms with Gasteiger partial charge >= 0.3 is 5.97 Å². The number of aromatic carboxylic acids is 1. The highest BCUT2D eigenvalue weighted by Crippen LogP contribution is 2.28. The molecule has 110 valence electrons. The first-order chi connectivity index (χ1) is 9.96. The van der Waals surface area contributed by atoms with E-state index >= 15 is 0 Å². The van der Waals surface area contributed by atoms with Gasteiger partial charge in [-0.3, -0.25) is 0 Å². The first kappa shape index (κ1) is 13.8. The molecule has 0 radical (unpaired) electrons. The Kier molecular flexibility index (Phi) is 3.29. The van der Waals surface area contributed by atoms with E-state index in [0.717, 1.165) is 19.4 Å². The molecule has 5 nitrogen and oxygen atoms in total. The molecule has 1 unspecified atom stereocenters. The van der Waals surface area contributed by atoms with Crippen LogP contribution in [0.1, 0.15) is 30.1 Å². The van der Waals surface area contributed by atoms with E-state index in [-0.39, 0.29) is 5.56 Å². The number of carboxylic acid groups (broad SMARTS) is 1. The molecular weight excluding hydrogens is 268 g/mol. The van der Waals surface area contributed by atoms with Crippen molar-refractivity contribution >= 4 is 22.7 Å². The maximum Gasteiger partial charge on any atom is 0.336 e. The highest BCUT2D eigenvalue weighted by Gasteiger charge is 2.29. The number of β-amino-alcohol motifs (C(OH)–C–C–N with tert-alkyl or cyclic N) is 1. The van der Waals surface area contributed by atoms with Gasteiger partial charge in [-0.15, -0.1) is 0 Å². The second-order valence-electron chi connectivity index (χ2n) is 5.87. The number of nitrogens with zero attached hydrogens (tertiary/aromatic N) is 2. The van der Waals surface area contributed by atoms with Gasteiger partial charge in [0.05, 0.1) is 16.7 Å². The lowest BCUT2D eigenvalue weighted by atomic mass is 9.95. The average Bonchev–Trinajstić information content (AvgIpc) is 2.45. The molecule has 1 atom stereocenters. The topological polar surface area (TPSA) is 73.7 Å². The van der Waals surface area contributed by atoms with Crippen molar-refractivity contribution in [3.8, 4) is 0 Å². The molecule has 2 heterocycles. The van der Waals surface area contributed by atoms with E-state index in [1.807, 2.05) is 23.1 Å². The van der Waals surface area contributed by atoms with Gasteiger partial charge in [0.25, 0.3) is 0 Å². The number of piperidine rings is 1. The zero-order valence-electron chi connectivity index (χ0n) is 11.9. The largest absolute Gasteiger partial charge is 0.478 e. The van der Waals surface area contributed by atoms with Gasteiger partial charge in [0.15, 0.2) is 0 Å². The molecule has 0 amide bonds. The maximum absolute atomic E-state index is 11.5. The number of para-hydroxylation sites is 1. The Balaban J connectivity index is 2.09. The van der Waals surface area contributed by atoms with Crippen molar-refractivity contribution < 1.29 is 15.0 Å². The molecule has 1 aromatic carbocycles. The van der Waals surface area contributed by atoms with Crippen molar-refractivity contribution in [3.05, 3.63) is 35.9 Å². The van der Waals surface area contributed by atoms with E-state index in [2.05, 4.69) is 4.98 Å². The summed E-state index contributed by atoms with van der Waals surface area (Å²) in [6.07, 6.45) is 1.62. The Bertz CT molecular complexity index is 697. The number of anilines is 1. The molecular formula is C16H18N2O3. The second kappa shape index (κ2) is 5.00. The number of hydrogen-bond acceptors (Lipinski definition) is 4. The third-order valence-electron chi connectivity index (χ3n) is 3.93. The third kappa shape index (κ3) is 2.69. The molecule has 2 N–H and O–H groups in total. The van der Waals surface area contributed by atoms with E-state index in [1.165, 1.54) is 0 Å². The van der Waals surface area contributed by atoms with Gasteiger partial charge in [-0.25, -0.2) is 9.78 Å². The summed E-state index contributed by atoms with van der Waals surface area (Å²) in [5, 5.41) is 20.3. The summed E-state index contributed by atoms with van der Waals surface area (Å²) in [5.41, 5.74) is 0.160. The normalized spacial score (nSPS) is 22.5. The van der Waals surface area contributed by atoms with Crippen molar-refractivity contribution in [2.24, 2.45) is 0 Å². The maximum atomic E-state index is 11.5. The van der Waals surface area contributed by atoms with E-state index in [9.17, 15) is 15.0 Å². The number of hydrogen-bond donors (Lipinski definition) is 2. The SMILES string of the molecule is CC1(O)CCCN(c2cc(C(=O)O)c3ccccc3n2)C1. The number of carbonyl (C=O) groups is 1. The minimum absolute atomic E-state index is 0.251. The monoisotopic (exact) mass is 286 g/mol. The molecule has 1 fully saturated rings. The van der Waals surface area contributed by atoms with Gasteiger partial charge in [-0.2, -0.15) is 0 Å². The fourth-order valence-corrected chi connectivity index (χ4v) is 2.92. The summed E-state index contributed by atoms with van der Waals surface area (Å²) in [6, 6.07) is 8.83. The quantitative estimate of drug-likeness (QED) is 0.886. The van der Waals surface area contributed by atoms with Gasteiger partial charge in [0.1, 0.15) is 5.82 Å². The highest BCUT2D eigenvalue weighted by atomic mass is 16.4. The van der Waals surface area contributed by atoms with Crippen LogP contribution in [-0.4, -0.2) is 39.9 Å². The average molecular weight is 286 g/mol. The van der Waals surface area contributed by atoms with Gasteiger partial charge in [-0.05, 0) is 31.9 Å². The fraction of sp³-hybridized carbons (Fsp3) is 0.375. The van der Waals surface area contributed by atoms with Crippen LogP contribution >= 0.6 is 0 Å². The number of pyridine rings is 1. The van der Waals surface area contributed by atoms with Crippen molar-refractivity contribution in [3.63, 3.8) is 0 Å². The van der Waals surface area contributed by atoms with Crippen LogP contribution in [-0.2, 0) is 0 Å². The van der Waals surface area contributed by atoms with Gasteiger partial charge < -0.3 is 15.1 Å². The molecule has 0 aliphatic carbocycles. The van der Waals surface area contributed by atoms with Crippen LogP contribution in [0.15, 0.2) is 30.3 Å². The molecule has 0 spiro atoms. The summed E-state index contributed by atoms with van der Waals surface area (Å²) < 4.78 is 0. The molecule has 1 saturated heterocycles. The van der Waals surface area contributed by atoms with Crippen LogP contribution in [0.4, 0.5) is 5.82 Å². The molecule has 0 saturated carbocycles. The van der Waals surface area contributed by atoms with Crippen LogP contribution in [0.5, 0.6) is 0 Å². The van der Waals surface area contributed by atoms with Gasteiger partial charge in [0, 0.05) is 18.5 Å². The Morgan fingerprint density at radius 1 is 1.38 bits per heavy atom. The number of fused-ring (bicyclic) bond motifs is 1. The summed E-state index contributed by atoms with van der Waals surface area (Å²) >= 11 is 0. The van der Waals surface area contributed by atoms with Crippen molar-refractivity contribution in [1.29, 1.82) is 0 Å². The van der Waals surface area contributed by atoms with Crippen LogP contribution in [0.3, 0.4) is 0 Å². The number of aliphatic hydroxyl groups is 1. The summed E-state index contributed by atoms with van der Waals surface area (Å²) in [6.45, 7) is 3.05. The Labute approximate surface area is 122 Å². The lowest BCUT2D eigenvalue weighted by molar-refractivity contribution is 0.0447. The third-order valence-corrected chi connectivity index (χ3v) is 3.93. The lowest BCUT2D eigenvalue weighted by Crippen LogP contribution is -2.46. The van der Waals surface area contributed by atoms with Crippen LogP contribution in [0, 0.1) is 0 Å². The van der Waals surface area contributed by atoms with Crippen LogP contribution < -0.4 is 4.90 Å². The standard InChI is InChI=1S/C16H18N2O3/c1-16(21)7-4-8-18(10-16)14-9-12(15(19)20)11-5-2-3-6-13(11)17-14/h2-3,5-6,9,21H,4,7-8,10H2,1H3,(H,19,20). The second-order valence-corrected chi connectivity index (χ2v) is 5.87. The first-order valence-electron chi connectivity index (χ1n) is 7.07. The van der Waals surface area contributed by atoms with Crippen molar-refractivity contribution in [1.82, 2.24) is 4.98 Å².